The molecular weight excluding hydrogens is 458 g/mol. The maximum absolute atomic E-state index is 12.7. The molecule has 0 aliphatic heterocycles. The van der Waals surface area contributed by atoms with Crippen LogP contribution in [0.4, 0.5) is 11.6 Å². The summed E-state index contributed by atoms with van der Waals surface area (Å²) >= 11 is 0. The van der Waals surface area contributed by atoms with Crippen molar-refractivity contribution < 1.29 is 17.7 Å². The molecule has 2 aromatic heterocycles. The Bertz CT molecular complexity index is 1540. The van der Waals surface area contributed by atoms with Crippen molar-refractivity contribution in [1.82, 2.24) is 14.9 Å². The molecule has 2 heterocycles. The minimum atomic E-state index is -3.93. The van der Waals surface area contributed by atoms with Crippen LogP contribution in [0.25, 0.3) is 5.69 Å². The summed E-state index contributed by atoms with van der Waals surface area (Å²) < 4.78 is 34.0. The third kappa shape index (κ3) is 4.74. The van der Waals surface area contributed by atoms with Crippen molar-refractivity contribution in [2.45, 2.75) is 25.7 Å². The first kappa shape index (κ1) is 22.9. The van der Waals surface area contributed by atoms with E-state index >= 15 is 0 Å². The topological polar surface area (TPSA) is 136 Å². The van der Waals surface area contributed by atoms with Gasteiger partial charge in [0.25, 0.3) is 15.9 Å². The lowest BCUT2D eigenvalue weighted by atomic mass is 10.2. The number of aryl methyl sites for hydroxylation is 2. The van der Waals surface area contributed by atoms with Gasteiger partial charge in [0.05, 0.1) is 16.3 Å². The predicted molar refractivity (Wildman–Crippen MR) is 126 cm³/mol. The van der Waals surface area contributed by atoms with E-state index < -0.39 is 21.4 Å². The number of benzene rings is 2. The standard InChI is InChI=1S/C23H21N5O5S/c1-14-5-4-6-18(13-14)28-12-11-20(29)21(25-28)22(30)24-17-7-9-19(10-8-17)34(31,32)27-23-15(2)16(3)26-33-23/h4-13,27H,1-3H3,(H,24,30). The molecule has 0 aliphatic carbocycles. The number of anilines is 2. The van der Waals surface area contributed by atoms with E-state index in [0.717, 1.165) is 5.56 Å². The van der Waals surface area contributed by atoms with E-state index in [0.29, 0.717) is 22.6 Å². The summed E-state index contributed by atoms with van der Waals surface area (Å²) in [5, 5.41) is 10.5. The summed E-state index contributed by atoms with van der Waals surface area (Å²) in [6.07, 6.45) is 1.48. The van der Waals surface area contributed by atoms with Crippen molar-refractivity contribution in [2.24, 2.45) is 0 Å². The van der Waals surface area contributed by atoms with Gasteiger partial charge in [0, 0.05) is 23.5 Å². The molecule has 0 saturated heterocycles. The number of carbonyl (C=O) groups excluding carboxylic acids is 1. The van der Waals surface area contributed by atoms with Crippen LogP contribution in [-0.2, 0) is 10.0 Å². The fourth-order valence-corrected chi connectivity index (χ4v) is 4.13. The summed E-state index contributed by atoms with van der Waals surface area (Å²) in [4.78, 5) is 24.9. The van der Waals surface area contributed by atoms with Crippen LogP contribution in [0.1, 0.15) is 27.3 Å². The number of carbonyl (C=O) groups is 1. The van der Waals surface area contributed by atoms with Gasteiger partial charge >= 0.3 is 0 Å². The van der Waals surface area contributed by atoms with E-state index in [1.54, 1.807) is 19.9 Å². The molecule has 11 heteroatoms. The molecule has 0 aliphatic rings. The van der Waals surface area contributed by atoms with E-state index in [-0.39, 0.29) is 16.5 Å². The quantitative estimate of drug-likeness (QED) is 0.433. The average molecular weight is 480 g/mol. The van der Waals surface area contributed by atoms with Gasteiger partial charge in [-0.15, -0.1) is 0 Å². The zero-order chi connectivity index (χ0) is 24.5. The van der Waals surface area contributed by atoms with Crippen LogP contribution in [0.15, 0.2) is 75.0 Å². The lowest BCUT2D eigenvalue weighted by Gasteiger charge is -2.10. The Kier molecular flexibility index (Phi) is 6.03. The summed E-state index contributed by atoms with van der Waals surface area (Å²) in [5.41, 5.74) is 2.32. The van der Waals surface area contributed by atoms with Crippen molar-refractivity contribution in [2.75, 3.05) is 10.0 Å². The average Bonchev–Trinajstić information content (AvgIpc) is 3.11. The van der Waals surface area contributed by atoms with Crippen LogP contribution in [-0.4, -0.2) is 29.3 Å². The highest BCUT2D eigenvalue weighted by Crippen LogP contribution is 2.22. The fourth-order valence-electron chi connectivity index (χ4n) is 3.08. The minimum absolute atomic E-state index is 0.0370. The third-order valence-corrected chi connectivity index (χ3v) is 6.44. The van der Waals surface area contributed by atoms with Gasteiger partial charge < -0.3 is 9.84 Å². The van der Waals surface area contributed by atoms with Gasteiger partial charge in [-0.05, 0) is 62.7 Å². The Morgan fingerprint density at radius 3 is 2.41 bits per heavy atom. The summed E-state index contributed by atoms with van der Waals surface area (Å²) in [6.45, 7) is 5.31. The van der Waals surface area contributed by atoms with Gasteiger partial charge in [-0.1, -0.05) is 17.3 Å². The summed E-state index contributed by atoms with van der Waals surface area (Å²) in [7, 11) is -3.93. The van der Waals surface area contributed by atoms with Crippen LogP contribution in [0, 0.1) is 20.8 Å². The van der Waals surface area contributed by atoms with E-state index in [2.05, 4.69) is 20.3 Å². The smallest absolute Gasteiger partial charge is 0.280 e. The molecular formula is C23H21N5O5S. The molecule has 34 heavy (non-hydrogen) atoms. The lowest BCUT2D eigenvalue weighted by Crippen LogP contribution is -2.25. The Hall–Kier alpha value is -4.25. The van der Waals surface area contributed by atoms with Gasteiger partial charge in [-0.3, -0.25) is 9.59 Å². The molecule has 0 radical (unpaired) electrons. The molecule has 0 bridgehead atoms. The number of aromatic nitrogens is 3. The first-order chi connectivity index (χ1) is 16.1. The molecule has 4 rings (SSSR count). The van der Waals surface area contributed by atoms with E-state index in [9.17, 15) is 18.0 Å². The number of amides is 1. The largest absolute Gasteiger partial charge is 0.337 e. The highest BCUT2D eigenvalue weighted by molar-refractivity contribution is 7.92. The molecule has 0 spiro atoms. The van der Waals surface area contributed by atoms with Gasteiger partial charge in [0.1, 0.15) is 0 Å². The molecule has 0 unspecified atom stereocenters. The number of hydrogen-bond acceptors (Lipinski definition) is 7. The van der Waals surface area contributed by atoms with Crippen LogP contribution < -0.4 is 15.5 Å². The maximum atomic E-state index is 12.7. The zero-order valence-electron chi connectivity index (χ0n) is 18.6. The Labute approximate surface area is 195 Å². The lowest BCUT2D eigenvalue weighted by molar-refractivity contribution is 0.101. The number of nitrogens with one attached hydrogen (secondary N) is 2. The third-order valence-electron chi connectivity index (χ3n) is 5.10. The van der Waals surface area contributed by atoms with Gasteiger partial charge in [0.15, 0.2) is 5.69 Å². The van der Waals surface area contributed by atoms with Gasteiger partial charge in [0.2, 0.25) is 11.3 Å². The SMILES string of the molecule is Cc1cccc(-n2ccc(=O)c(C(=O)Nc3ccc(S(=O)(=O)Nc4onc(C)c4C)cc3)n2)c1. The minimum Gasteiger partial charge on any atom is -0.337 e. The highest BCUT2D eigenvalue weighted by Gasteiger charge is 2.20. The second-order valence-electron chi connectivity index (χ2n) is 7.62. The number of nitrogens with zero attached hydrogens (tertiary/aromatic N) is 3. The van der Waals surface area contributed by atoms with Crippen molar-refractivity contribution >= 4 is 27.5 Å². The fraction of sp³-hybridized carbons (Fsp3) is 0.130. The molecule has 0 fully saturated rings. The van der Waals surface area contributed by atoms with Crippen molar-refractivity contribution in [3.05, 3.63) is 93.5 Å². The second-order valence-corrected chi connectivity index (χ2v) is 9.30. The van der Waals surface area contributed by atoms with Crippen molar-refractivity contribution in [3.63, 3.8) is 0 Å². The van der Waals surface area contributed by atoms with Gasteiger partial charge in [-0.25, -0.2) is 17.8 Å². The van der Waals surface area contributed by atoms with Crippen LogP contribution in [0.5, 0.6) is 0 Å². The van der Waals surface area contributed by atoms with Crippen LogP contribution in [0.2, 0.25) is 0 Å². The van der Waals surface area contributed by atoms with Crippen molar-refractivity contribution in [3.8, 4) is 5.69 Å². The molecule has 1 amide bonds. The Balaban J connectivity index is 1.52. The molecule has 0 atom stereocenters. The molecule has 4 aromatic rings. The van der Waals surface area contributed by atoms with E-state index in [1.165, 1.54) is 41.2 Å². The normalized spacial score (nSPS) is 11.3. The molecule has 2 N–H and O–H groups in total. The predicted octanol–water partition coefficient (Wildman–Crippen LogP) is 3.20. The Morgan fingerprint density at radius 1 is 1.03 bits per heavy atom. The number of hydrogen-bond donors (Lipinski definition) is 2. The van der Waals surface area contributed by atoms with E-state index in [1.807, 2.05) is 25.1 Å². The number of rotatable bonds is 6. The Morgan fingerprint density at radius 2 is 1.76 bits per heavy atom. The maximum Gasteiger partial charge on any atom is 0.280 e. The van der Waals surface area contributed by atoms with E-state index in [4.69, 9.17) is 4.52 Å². The first-order valence-corrected chi connectivity index (χ1v) is 11.7. The molecule has 174 valence electrons. The summed E-state index contributed by atoms with van der Waals surface area (Å²) in [5.74, 6) is -0.677. The monoisotopic (exact) mass is 479 g/mol. The highest BCUT2D eigenvalue weighted by atomic mass is 32.2. The van der Waals surface area contributed by atoms with Gasteiger partial charge in [-0.2, -0.15) is 5.10 Å². The van der Waals surface area contributed by atoms with Crippen LogP contribution >= 0.6 is 0 Å². The molecule has 2 aromatic carbocycles. The van der Waals surface area contributed by atoms with Crippen LogP contribution in [0.3, 0.4) is 0 Å². The molecule has 0 saturated carbocycles. The zero-order valence-corrected chi connectivity index (χ0v) is 19.4. The second kappa shape index (κ2) is 8.94. The first-order valence-electron chi connectivity index (χ1n) is 10.2. The molecule has 10 nitrogen and oxygen atoms in total. The van der Waals surface area contributed by atoms with Crippen molar-refractivity contribution in [1.29, 1.82) is 0 Å². The number of sulfonamides is 1. The summed E-state index contributed by atoms with van der Waals surface area (Å²) in [6, 6.07) is 14.2.